The molecule has 1 aromatic carbocycles. The molecule has 2 heterocycles. The summed E-state index contributed by atoms with van der Waals surface area (Å²) in [7, 11) is 1.73. The molecule has 0 aliphatic heterocycles. The fourth-order valence-electron chi connectivity index (χ4n) is 2.20. The van der Waals surface area contributed by atoms with E-state index in [1.807, 2.05) is 6.07 Å². The highest BCUT2D eigenvalue weighted by Crippen LogP contribution is 2.19. The van der Waals surface area contributed by atoms with Gasteiger partial charge in [0.2, 0.25) is 5.91 Å². The summed E-state index contributed by atoms with van der Waals surface area (Å²) in [4.78, 5) is 24.2. The van der Waals surface area contributed by atoms with Crippen LogP contribution in [0.2, 0.25) is 0 Å². The molecule has 0 aliphatic carbocycles. The molecule has 3 rings (SSSR count). The molecule has 3 aromatic rings. The number of aryl methyl sites for hydroxylation is 1. The number of furan rings is 1. The van der Waals surface area contributed by atoms with Crippen LogP contribution in [0.15, 0.2) is 47.1 Å². The van der Waals surface area contributed by atoms with Gasteiger partial charge in [0.05, 0.1) is 6.26 Å². The molecule has 0 aliphatic rings. The summed E-state index contributed by atoms with van der Waals surface area (Å²) in [5, 5.41) is 16.6. The van der Waals surface area contributed by atoms with Crippen LogP contribution in [0, 0.1) is 0 Å². The first-order valence-electron chi connectivity index (χ1n) is 7.52. The lowest BCUT2D eigenvalue weighted by atomic mass is 10.2. The van der Waals surface area contributed by atoms with Gasteiger partial charge in [0, 0.05) is 18.3 Å². The minimum atomic E-state index is -0.738. The van der Waals surface area contributed by atoms with E-state index in [1.165, 1.54) is 17.0 Å². The van der Waals surface area contributed by atoms with Gasteiger partial charge in [-0.25, -0.2) is 4.68 Å². The van der Waals surface area contributed by atoms with Gasteiger partial charge in [-0.3, -0.25) is 9.59 Å². The summed E-state index contributed by atoms with van der Waals surface area (Å²) < 4.78 is 6.53. The predicted molar refractivity (Wildman–Crippen MR) is 88.5 cm³/mol. The zero-order valence-corrected chi connectivity index (χ0v) is 13.6. The standard InChI is InChI=1S/C16H16N6O3/c1-10(17-16(24)13-7-4-8-25-13)15(23)18-12-6-3-5-11(9-12)14-19-20-21-22(14)2/h3-10H,1-2H3,(H,17,24)(H,18,23). The number of amides is 2. The molecule has 1 unspecified atom stereocenters. The minimum absolute atomic E-state index is 0.149. The van der Waals surface area contributed by atoms with Crippen molar-refractivity contribution >= 4 is 17.5 Å². The number of rotatable bonds is 5. The Labute approximate surface area is 143 Å². The first kappa shape index (κ1) is 16.4. The van der Waals surface area contributed by atoms with Crippen LogP contribution in [0.4, 0.5) is 5.69 Å². The van der Waals surface area contributed by atoms with Crippen molar-refractivity contribution in [3.8, 4) is 11.4 Å². The SMILES string of the molecule is CC(NC(=O)c1ccco1)C(=O)Nc1cccc(-c2nnnn2C)c1. The monoisotopic (exact) mass is 340 g/mol. The number of hydrogen-bond acceptors (Lipinski definition) is 6. The second-order valence-electron chi connectivity index (χ2n) is 5.37. The largest absolute Gasteiger partial charge is 0.459 e. The number of benzene rings is 1. The van der Waals surface area contributed by atoms with Gasteiger partial charge in [-0.15, -0.1) is 5.10 Å². The number of aromatic nitrogens is 4. The maximum Gasteiger partial charge on any atom is 0.287 e. The first-order chi connectivity index (χ1) is 12.0. The summed E-state index contributed by atoms with van der Waals surface area (Å²) in [5.41, 5.74) is 1.34. The van der Waals surface area contributed by atoms with Crippen molar-refractivity contribution in [3.05, 3.63) is 48.4 Å². The third-order valence-electron chi connectivity index (χ3n) is 3.49. The van der Waals surface area contributed by atoms with Crippen molar-refractivity contribution in [2.24, 2.45) is 7.05 Å². The summed E-state index contributed by atoms with van der Waals surface area (Å²) in [5.74, 6) is -0.0774. The van der Waals surface area contributed by atoms with Crippen molar-refractivity contribution in [2.45, 2.75) is 13.0 Å². The van der Waals surface area contributed by atoms with Crippen LogP contribution in [0.1, 0.15) is 17.5 Å². The van der Waals surface area contributed by atoms with Gasteiger partial charge in [-0.05, 0) is 41.6 Å². The lowest BCUT2D eigenvalue weighted by molar-refractivity contribution is -0.117. The Morgan fingerprint density at radius 2 is 2.08 bits per heavy atom. The van der Waals surface area contributed by atoms with Gasteiger partial charge in [0.1, 0.15) is 6.04 Å². The molecule has 0 saturated heterocycles. The highest BCUT2D eigenvalue weighted by molar-refractivity contribution is 6.00. The number of nitrogens with zero attached hydrogens (tertiary/aromatic N) is 4. The Kier molecular flexibility index (Phi) is 4.55. The molecule has 128 valence electrons. The molecule has 1 atom stereocenters. The average Bonchev–Trinajstić information content (AvgIpc) is 3.26. The van der Waals surface area contributed by atoms with Gasteiger partial charge in [-0.1, -0.05) is 12.1 Å². The number of tetrazole rings is 1. The molecule has 9 nitrogen and oxygen atoms in total. The molecule has 0 fully saturated rings. The summed E-state index contributed by atoms with van der Waals surface area (Å²) in [6.07, 6.45) is 1.40. The Hall–Kier alpha value is -3.49. The molecule has 2 aromatic heterocycles. The third-order valence-corrected chi connectivity index (χ3v) is 3.49. The van der Waals surface area contributed by atoms with Crippen molar-refractivity contribution in [1.82, 2.24) is 25.5 Å². The molecule has 2 N–H and O–H groups in total. The summed E-state index contributed by atoms with van der Waals surface area (Å²) in [6.45, 7) is 1.59. The molecular formula is C16H16N6O3. The highest BCUT2D eigenvalue weighted by atomic mass is 16.3. The van der Waals surface area contributed by atoms with Crippen LogP contribution < -0.4 is 10.6 Å². The fraction of sp³-hybridized carbons (Fsp3) is 0.188. The van der Waals surface area contributed by atoms with E-state index < -0.39 is 11.9 Å². The molecule has 0 saturated carbocycles. The van der Waals surface area contributed by atoms with E-state index in [4.69, 9.17) is 4.42 Å². The van der Waals surface area contributed by atoms with Crippen LogP contribution in [0.3, 0.4) is 0 Å². The van der Waals surface area contributed by atoms with E-state index in [0.29, 0.717) is 11.5 Å². The molecule has 9 heteroatoms. The van der Waals surface area contributed by atoms with Crippen molar-refractivity contribution in [1.29, 1.82) is 0 Å². The Morgan fingerprint density at radius 3 is 2.76 bits per heavy atom. The van der Waals surface area contributed by atoms with Crippen LogP contribution in [-0.4, -0.2) is 38.1 Å². The molecule has 0 radical (unpaired) electrons. The van der Waals surface area contributed by atoms with Crippen molar-refractivity contribution in [2.75, 3.05) is 5.32 Å². The van der Waals surface area contributed by atoms with E-state index in [9.17, 15) is 9.59 Å². The Bertz CT molecular complexity index is 887. The predicted octanol–water partition coefficient (Wildman–Crippen LogP) is 1.23. The number of carbonyl (C=O) groups is 2. The number of anilines is 1. The zero-order valence-electron chi connectivity index (χ0n) is 13.6. The summed E-state index contributed by atoms with van der Waals surface area (Å²) >= 11 is 0. The van der Waals surface area contributed by atoms with Crippen LogP contribution in [-0.2, 0) is 11.8 Å². The van der Waals surface area contributed by atoms with E-state index in [0.717, 1.165) is 5.56 Å². The van der Waals surface area contributed by atoms with Gasteiger partial charge < -0.3 is 15.1 Å². The normalized spacial score (nSPS) is 11.8. The molecule has 2 amide bonds. The zero-order chi connectivity index (χ0) is 17.8. The van der Waals surface area contributed by atoms with E-state index in [2.05, 4.69) is 26.2 Å². The molecule has 25 heavy (non-hydrogen) atoms. The Morgan fingerprint density at radius 1 is 1.24 bits per heavy atom. The lowest BCUT2D eigenvalue weighted by Crippen LogP contribution is -2.41. The van der Waals surface area contributed by atoms with Gasteiger partial charge in [0.15, 0.2) is 11.6 Å². The smallest absolute Gasteiger partial charge is 0.287 e. The van der Waals surface area contributed by atoms with E-state index in [-0.39, 0.29) is 11.7 Å². The number of carbonyl (C=O) groups excluding carboxylic acids is 2. The lowest BCUT2D eigenvalue weighted by Gasteiger charge is -2.13. The van der Waals surface area contributed by atoms with Crippen LogP contribution >= 0.6 is 0 Å². The van der Waals surface area contributed by atoms with Crippen molar-refractivity contribution < 1.29 is 14.0 Å². The van der Waals surface area contributed by atoms with Gasteiger partial charge in [0.25, 0.3) is 5.91 Å². The van der Waals surface area contributed by atoms with E-state index >= 15 is 0 Å². The fourth-order valence-corrected chi connectivity index (χ4v) is 2.20. The van der Waals surface area contributed by atoms with Gasteiger partial charge >= 0.3 is 0 Å². The second-order valence-corrected chi connectivity index (χ2v) is 5.37. The number of hydrogen-bond donors (Lipinski definition) is 2. The van der Waals surface area contributed by atoms with Gasteiger partial charge in [-0.2, -0.15) is 0 Å². The molecular weight excluding hydrogens is 324 g/mol. The van der Waals surface area contributed by atoms with Crippen LogP contribution in [0.25, 0.3) is 11.4 Å². The quantitative estimate of drug-likeness (QED) is 0.722. The third kappa shape index (κ3) is 3.71. The maximum atomic E-state index is 12.3. The van der Waals surface area contributed by atoms with E-state index in [1.54, 1.807) is 38.2 Å². The topological polar surface area (TPSA) is 115 Å². The second kappa shape index (κ2) is 6.95. The highest BCUT2D eigenvalue weighted by Gasteiger charge is 2.18. The van der Waals surface area contributed by atoms with Crippen molar-refractivity contribution in [3.63, 3.8) is 0 Å². The first-order valence-corrected chi connectivity index (χ1v) is 7.52. The van der Waals surface area contributed by atoms with Crippen LogP contribution in [0.5, 0.6) is 0 Å². The summed E-state index contributed by atoms with van der Waals surface area (Å²) in [6, 6.07) is 9.51. The molecule has 0 spiro atoms. The molecule has 0 bridgehead atoms. The minimum Gasteiger partial charge on any atom is -0.459 e. The number of nitrogens with one attached hydrogen (secondary N) is 2. The maximum absolute atomic E-state index is 12.3. The Balaban J connectivity index is 1.66. The average molecular weight is 340 g/mol.